The van der Waals surface area contributed by atoms with Crippen LogP contribution >= 0.6 is 7.26 Å². The van der Waals surface area contributed by atoms with Gasteiger partial charge in [0, 0.05) is 25.2 Å². The third-order valence-electron chi connectivity index (χ3n) is 6.47. The Kier molecular flexibility index (Phi) is 7.99. The Balaban J connectivity index is 0.00000289. The molecule has 0 spiro atoms. The lowest BCUT2D eigenvalue weighted by atomic mass is 10.2. The molecule has 0 fully saturated rings. The van der Waals surface area contributed by atoms with E-state index in [9.17, 15) is 10.1 Å². The largest absolute Gasteiger partial charge is 1.00 e. The molecule has 0 amide bonds. The predicted octanol–water partition coefficient (Wildman–Crippen LogP) is 2.94. The summed E-state index contributed by atoms with van der Waals surface area (Å²) in [4.78, 5) is 11.1. The van der Waals surface area contributed by atoms with E-state index < -0.39 is 7.26 Å². The van der Waals surface area contributed by atoms with Gasteiger partial charge in [-0.2, -0.15) is 0 Å². The van der Waals surface area contributed by atoms with Crippen molar-refractivity contribution in [2.75, 3.05) is 6.16 Å². The summed E-state index contributed by atoms with van der Waals surface area (Å²) < 4.78 is 2.15. The zero-order valence-corrected chi connectivity index (χ0v) is 22.3. The molecular formula is C29H26IN2O2P. The number of aryl methyl sites for hydroxylation is 1. The number of nitro groups is 1. The molecule has 5 rings (SSSR count). The molecule has 0 aliphatic rings. The minimum atomic E-state index is -1.88. The minimum Gasteiger partial charge on any atom is -1.00 e. The summed E-state index contributed by atoms with van der Waals surface area (Å²) >= 11 is 0. The number of fused-ring (bicyclic) bond motifs is 1. The van der Waals surface area contributed by atoms with Crippen LogP contribution in [0, 0.1) is 10.1 Å². The number of rotatable bonds is 8. The van der Waals surface area contributed by atoms with Gasteiger partial charge in [0.05, 0.1) is 22.0 Å². The second-order valence-corrected chi connectivity index (χ2v) is 12.0. The molecule has 0 bridgehead atoms. The van der Waals surface area contributed by atoms with Crippen molar-refractivity contribution in [1.82, 2.24) is 4.57 Å². The number of halogens is 1. The average molecular weight is 592 g/mol. The van der Waals surface area contributed by atoms with Crippen molar-refractivity contribution in [3.63, 3.8) is 0 Å². The van der Waals surface area contributed by atoms with Gasteiger partial charge in [-0.15, -0.1) is 0 Å². The lowest BCUT2D eigenvalue weighted by Gasteiger charge is -2.28. The van der Waals surface area contributed by atoms with Crippen LogP contribution in [0.5, 0.6) is 0 Å². The number of nitrogens with zero attached hydrogens (tertiary/aromatic N) is 2. The lowest BCUT2D eigenvalue weighted by molar-refractivity contribution is -0.383. The Morgan fingerprint density at radius 2 is 1.20 bits per heavy atom. The maximum Gasteiger partial charge on any atom is 0.278 e. The van der Waals surface area contributed by atoms with Crippen LogP contribution in [-0.2, 0) is 6.54 Å². The fourth-order valence-corrected chi connectivity index (χ4v) is 9.25. The van der Waals surface area contributed by atoms with Crippen LogP contribution in [0.1, 0.15) is 6.42 Å². The monoisotopic (exact) mass is 592 g/mol. The Hall–Kier alpha value is -3.02. The number of non-ortho nitro benzene ring substituents is 1. The second kappa shape index (κ2) is 11.1. The Labute approximate surface area is 223 Å². The predicted molar refractivity (Wildman–Crippen MR) is 143 cm³/mol. The van der Waals surface area contributed by atoms with Gasteiger partial charge in [0.2, 0.25) is 0 Å². The summed E-state index contributed by atoms with van der Waals surface area (Å²) in [7, 11) is -1.88. The van der Waals surface area contributed by atoms with Gasteiger partial charge in [-0.05, 0) is 48.5 Å². The van der Waals surface area contributed by atoms with Crippen molar-refractivity contribution >= 4 is 39.8 Å². The topological polar surface area (TPSA) is 48.1 Å². The summed E-state index contributed by atoms with van der Waals surface area (Å²) in [5.41, 5.74) is 1.08. The van der Waals surface area contributed by atoms with Gasteiger partial charge < -0.3 is 28.5 Å². The van der Waals surface area contributed by atoms with E-state index in [4.69, 9.17) is 0 Å². The molecule has 0 saturated carbocycles. The van der Waals surface area contributed by atoms with Gasteiger partial charge in [0.15, 0.2) is 0 Å². The van der Waals surface area contributed by atoms with Crippen LogP contribution in [-0.4, -0.2) is 15.7 Å². The Morgan fingerprint density at radius 1 is 0.686 bits per heavy atom. The van der Waals surface area contributed by atoms with E-state index in [0.29, 0.717) is 5.39 Å². The molecule has 4 nitrogen and oxygen atoms in total. The van der Waals surface area contributed by atoms with Crippen LogP contribution in [0.25, 0.3) is 10.9 Å². The van der Waals surface area contributed by atoms with Gasteiger partial charge in [-0.1, -0.05) is 60.7 Å². The van der Waals surface area contributed by atoms with Gasteiger partial charge in [0.1, 0.15) is 23.2 Å². The zero-order chi connectivity index (χ0) is 23.4. The third-order valence-corrected chi connectivity index (χ3v) is 11.0. The van der Waals surface area contributed by atoms with Crippen LogP contribution < -0.4 is 39.9 Å². The van der Waals surface area contributed by atoms with Crippen molar-refractivity contribution in [2.45, 2.75) is 13.0 Å². The van der Waals surface area contributed by atoms with E-state index in [0.717, 1.165) is 24.6 Å². The average Bonchev–Trinajstić information content (AvgIpc) is 3.31. The fraction of sp³-hybridized carbons (Fsp3) is 0.103. The molecule has 0 saturated heterocycles. The Bertz CT molecular complexity index is 1310. The lowest BCUT2D eigenvalue weighted by Crippen LogP contribution is -3.00. The van der Waals surface area contributed by atoms with E-state index >= 15 is 0 Å². The number of aromatic nitrogens is 1. The van der Waals surface area contributed by atoms with E-state index in [1.165, 1.54) is 15.9 Å². The molecule has 4 aromatic carbocycles. The molecule has 1 heterocycles. The quantitative estimate of drug-likeness (QED) is 0.121. The summed E-state index contributed by atoms with van der Waals surface area (Å²) in [6.07, 6.45) is 3.95. The molecule has 1 aromatic heterocycles. The smallest absolute Gasteiger partial charge is 0.278 e. The standard InChI is InChI=1S/C29H26N2O2P.HI/c32-31(33)29-19-10-18-28-27(29)20-22-30(28)21-11-23-34(24-12-4-1-5-13-24,25-14-6-2-7-15-25)26-16-8-3-9-17-26;/h1-10,12-20,22H,11,21,23H2;1H/q+1;/p-1. The van der Waals surface area contributed by atoms with Crippen LogP contribution in [0.4, 0.5) is 5.69 Å². The van der Waals surface area contributed by atoms with Gasteiger partial charge in [-0.3, -0.25) is 10.1 Å². The van der Waals surface area contributed by atoms with Crippen LogP contribution in [0.2, 0.25) is 0 Å². The summed E-state index contributed by atoms with van der Waals surface area (Å²) in [5, 5.41) is 16.3. The number of nitro benzene ring substituents is 1. The number of benzene rings is 4. The molecule has 0 radical (unpaired) electrons. The number of hydrogen-bond acceptors (Lipinski definition) is 2. The first kappa shape index (κ1) is 25.1. The molecule has 0 N–H and O–H groups in total. The van der Waals surface area contributed by atoms with E-state index in [1.54, 1.807) is 12.1 Å². The van der Waals surface area contributed by atoms with Crippen molar-refractivity contribution < 1.29 is 28.9 Å². The highest BCUT2D eigenvalue weighted by molar-refractivity contribution is 7.95. The van der Waals surface area contributed by atoms with E-state index in [1.807, 2.05) is 18.3 Å². The number of hydrogen-bond donors (Lipinski definition) is 0. The van der Waals surface area contributed by atoms with Crippen molar-refractivity contribution in [3.05, 3.63) is 132 Å². The van der Waals surface area contributed by atoms with Crippen molar-refractivity contribution in [3.8, 4) is 0 Å². The maximum absolute atomic E-state index is 11.4. The van der Waals surface area contributed by atoms with E-state index in [2.05, 4.69) is 95.6 Å². The molecule has 0 aliphatic carbocycles. The van der Waals surface area contributed by atoms with Crippen molar-refractivity contribution in [2.24, 2.45) is 0 Å². The highest BCUT2D eigenvalue weighted by Crippen LogP contribution is 2.55. The second-order valence-electron chi connectivity index (χ2n) is 8.37. The van der Waals surface area contributed by atoms with Crippen molar-refractivity contribution in [1.29, 1.82) is 0 Å². The normalized spacial score (nSPS) is 11.2. The summed E-state index contributed by atoms with van der Waals surface area (Å²) in [6, 6.07) is 39.8. The van der Waals surface area contributed by atoms with Crippen LogP contribution in [0.3, 0.4) is 0 Å². The molecule has 6 heteroatoms. The third kappa shape index (κ3) is 4.89. The molecular weight excluding hydrogens is 566 g/mol. The molecule has 0 atom stereocenters. The highest BCUT2D eigenvalue weighted by atomic mass is 127. The fourth-order valence-electron chi connectivity index (χ4n) is 4.92. The first-order valence-electron chi connectivity index (χ1n) is 11.5. The van der Waals surface area contributed by atoms with Crippen LogP contribution in [0.15, 0.2) is 121 Å². The molecule has 176 valence electrons. The summed E-state index contributed by atoms with van der Waals surface area (Å²) in [5.74, 6) is 0. The zero-order valence-electron chi connectivity index (χ0n) is 19.2. The highest BCUT2D eigenvalue weighted by Gasteiger charge is 2.44. The Morgan fingerprint density at radius 3 is 1.69 bits per heavy atom. The van der Waals surface area contributed by atoms with E-state index in [-0.39, 0.29) is 34.6 Å². The SMILES string of the molecule is O=[N+]([O-])c1cccc2c1ccn2CCC[P+](c1ccccc1)(c1ccccc1)c1ccccc1.[I-]. The van der Waals surface area contributed by atoms with Gasteiger partial charge in [-0.25, -0.2) is 0 Å². The molecule has 5 aromatic rings. The van der Waals surface area contributed by atoms with Gasteiger partial charge >= 0.3 is 0 Å². The maximum atomic E-state index is 11.4. The summed E-state index contributed by atoms with van der Waals surface area (Å²) in [6.45, 7) is 0.804. The first-order chi connectivity index (χ1) is 16.7. The van der Waals surface area contributed by atoms with Gasteiger partial charge in [0.25, 0.3) is 5.69 Å². The molecule has 0 aliphatic heterocycles. The molecule has 35 heavy (non-hydrogen) atoms. The minimum absolute atomic E-state index is 0. The molecule has 0 unspecified atom stereocenters. The first-order valence-corrected chi connectivity index (χ1v) is 13.4.